The Morgan fingerprint density at radius 2 is 2.00 bits per heavy atom. The minimum atomic E-state index is 0.518. The Morgan fingerprint density at radius 3 is 2.78 bits per heavy atom. The molecule has 0 aromatic carbocycles. The third-order valence-electron chi connectivity index (χ3n) is 2.62. The second-order valence-corrected chi connectivity index (χ2v) is 4.19. The molecule has 0 radical (unpaired) electrons. The number of rotatable bonds is 5. The van der Waals surface area contributed by atoms with Crippen LogP contribution in [0.3, 0.4) is 0 Å². The molecule has 0 amide bonds. The highest BCUT2D eigenvalue weighted by Gasteiger charge is 2.12. The number of aryl methyl sites for hydroxylation is 3. The van der Waals surface area contributed by atoms with Crippen LogP contribution in [-0.2, 0) is 6.42 Å². The number of hydrogen-bond acceptors (Lipinski definition) is 6. The van der Waals surface area contributed by atoms with Crippen LogP contribution in [0.1, 0.15) is 23.7 Å². The molecule has 6 nitrogen and oxygen atoms in total. The quantitative estimate of drug-likeness (QED) is 0.802. The molecule has 2 aromatic heterocycles. The summed E-state index contributed by atoms with van der Waals surface area (Å²) in [4.78, 5) is 0. The van der Waals surface area contributed by atoms with Crippen LogP contribution in [0.15, 0.2) is 10.5 Å². The van der Waals surface area contributed by atoms with Crippen LogP contribution in [0.25, 0.3) is 11.5 Å². The van der Waals surface area contributed by atoms with Crippen molar-refractivity contribution in [3.8, 4) is 11.5 Å². The molecule has 0 bridgehead atoms. The molecule has 0 spiro atoms. The van der Waals surface area contributed by atoms with Crippen LogP contribution >= 0.6 is 0 Å². The van der Waals surface area contributed by atoms with E-state index in [1.54, 1.807) is 0 Å². The van der Waals surface area contributed by atoms with Gasteiger partial charge in [0.25, 0.3) is 0 Å². The van der Waals surface area contributed by atoms with Crippen molar-refractivity contribution in [2.24, 2.45) is 0 Å². The van der Waals surface area contributed by atoms with E-state index in [1.807, 2.05) is 27.0 Å². The van der Waals surface area contributed by atoms with Crippen molar-refractivity contribution in [3.05, 3.63) is 23.3 Å². The van der Waals surface area contributed by atoms with Gasteiger partial charge in [-0.2, -0.15) is 10.2 Å². The molecule has 1 N–H and O–H groups in total. The van der Waals surface area contributed by atoms with E-state index in [0.29, 0.717) is 11.8 Å². The topological polar surface area (TPSA) is 76.7 Å². The van der Waals surface area contributed by atoms with Crippen molar-refractivity contribution in [2.75, 3.05) is 13.6 Å². The summed E-state index contributed by atoms with van der Waals surface area (Å²) in [7, 11) is 1.92. The normalized spacial score (nSPS) is 10.8. The summed E-state index contributed by atoms with van der Waals surface area (Å²) in [5, 5.41) is 19.2. The molecular formula is C12H17N5O. The van der Waals surface area contributed by atoms with Crippen molar-refractivity contribution >= 4 is 0 Å². The smallest absolute Gasteiger partial charge is 0.249 e. The first-order valence-electron chi connectivity index (χ1n) is 5.99. The lowest BCUT2D eigenvalue weighted by Gasteiger charge is -1.99. The maximum atomic E-state index is 5.63. The van der Waals surface area contributed by atoms with Gasteiger partial charge >= 0.3 is 0 Å². The molecule has 6 heteroatoms. The summed E-state index contributed by atoms with van der Waals surface area (Å²) in [6.45, 7) is 4.71. The standard InChI is InChI=1S/C12H17N5O/c1-8-7-10(9(2)15-14-8)12-17-16-11(18-12)5-4-6-13-3/h7,13H,4-6H2,1-3H3. The highest BCUT2D eigenvalue weighted by atomic mass is 16.4. The van der Waals surface area contributed by atoms with Gasteiger partial charge in [-0.05, 0) is 39.9 Å². The van der Waals surface area contributed by atoms with Crippen LogP contribution in [0.2, 0.25) is 0 Å². The van der Waals surface area contributed by atoms with Gasteiger partial charge in [-0.1, -0.05) is 0 Å². The predicted octanol–water partition coefficient (Wildman–Crippen LogP) is 1.30. The Balaban J connectivity index is 2.16. The molecule has 2 rings (SSSR count). The zero-order valence-corrected chi connectivity index (χ0v) is 10.9. The van der Waals surface area contributed by atoms with Gasteiger partial charge in [-0.15, -0.1) is 10.2 Å². The van der Waals surface area contributed by atoms with Gasteiger partial charge in [0.1, 0.15) is 0 Å². The third-order valence-corrected chi connectivity index (χ3v) is 2.62. The SMILES string of the molecule is CNCCCc1nnc(-c2cc(C)nnc2C)o1. The first kappa shape index (κ1) is 12.6. The molecule has 0 unspecified atom stereocenters. The highest BCUT2D eigenvalue weighted by molar-refractivity contribution is 5.55. The summed E-state index contributed by atoms with van der Waals surface area (Å²) in [5.41, 5.74) is 2.49. The Labute approximate surface area is 106 Å². The van der Waals surface area contributed by atoms with Gasteiger partial charge in [0.05, 0.1) is 17.0 Å². The second-order valence-electron chi connectivity index (χ2n) is 4.19. The fourth-order valence-corrected chi connectivity index (χ4v) is 1.65. The lowest BCUT2D eigenvalue weighted by atomic mass is 10.2. The summed E-state index contributed by atoms with van der Waals surface area (Å²) >= 11 is 0. The Bertz CT molecular complexity index is 523. The van der Waals surface area contributed by atoms with E-state index in [-0.39, 0.29) is 0 Å². The number of nitrogens with one attached hydrogen (secondary N) is 1. The molecule has 0 saturated carbocycles. The molecule has 0 saturated heterocycles. The monoisotopic (exact) mass is 247 g/mol. The van der Waals surface area contributed by atoms with E-state index in [9.17, 15) is 0 Å². The Morgan fingerprint density at radius 1 is 1.17 bits per heavy atom. The largest absolute Gasteiger partial charge is 0.421 e. The van der Waals surface area contributed by atoms with Gasteiger partial charge in [0.15, 0.2) is 0 Å². The molecule has 2 aromatic rings. The molecule has 2 heterocycles. The average Bonchev–Trinajstić information content (AvgIpc) is 2.81. The molecule has 0 atom stereocenters. The Kier molecular flexibility index (Phi) is 3.99. The fourth-order valence-electron chi connectivity index (χ4n) is 1.65. The van der Waals surface area contributed by atoms with Crippen molar-refractivity contribution < 1.29 is 4.42 Å². The van der Waals surface area contributed by atoms with E-state index in [1.165, 1.54) is 0 Å². The molecule has 18 heavy (non-hydrogen) atoms. The lowest BCUT2D eigenvalue weighted by molar-refractivity contribution is 0.494. The van der Waals surface area contributed by atoms with Crippen LogP contribution in [0.4, 0.5) is 0 Å². The van der Waals surface area contributed by atoms with Crippen LogP contribution < -0.4 is 5.32 Å². The zero-order valence-electron chi connectivity index (χ0n) is 10.9. The molecule has 0 aliphatic heterocycles. The van der Waals surface area contributed by atoms with E-state index in [4.69, 9.17) is 4.42 Å². The van der Waals surface area contributed by atoms with Gasteiger partial charge in [-0.3, -0.25) is 0 Å². The maximum absolute atomic E-state index is 5.63. The summed E-state index contributed by atoms with van der Waals surface area (Å²) in [6, 6.07) is 1.91. The van der Waals surface area contributed by atoms with Crippen LogP contribution in [0.5, 0.6) is 0 Å². The molecule has 0 aliphatic carbocycles. The van der Waals surface area contributed by atoms with Crippen LogP contribution in [0, 0.1) is 13.8 Å². The first-order chi connectivity index (χ1) is 8.70. The molecule has 0 aliphatic rings. The lowest BCUT2D eigenvalue weighted by Crippen LogP contribution is -2.08. The number of hydrogen-bond donors (Lipinski definition) is 1. The van der Waals surface area contributed by atoms with Gasteiger partial charge in [0, 0.05) is 6.42 Å². The molecular weight excluding hydrogens is 230 g/mol. The number of nitrogens with zero attached hydrogens (tertiary/aromatic N) is 4. The van der Waals surface area contributed by atoms with Crippen molar-refractivity contribution in [1.29, 1.82) is 0 Å². The van der Waals surface area contributed by atoms with Crippen molar-refractivity contribution in [2.45, 2.75) is 26.7 Å². The van der Waals surface area contributed by atoms with Gasteiger partial charge < -0.3 is 9.73 Å². The maximum Gasteiger partial charge on any atom is 0.249 e. The minimum absolute atomic E-state index is 0.518. The van der Waals surface area contributed by atoms with Gasteiger partial charge in [0.2, 0.25) is 11.8 Å². The third kappa shape index (κ3) is 2.89. The first-order valence-corrected chi connectivity index (χ1v) is 5.99. The summed E-state index contributed by atoms with van der Waals surface area (Å²) in [5.74, 6) is 1.18. The minimum Gasteiger partial charge on any atom is -0.421 e. The van der Waals surface area contributed by atoms with E-state index >= 15 is 0 Å². The second kappa shape index (κ2) is 5.68. The molecule has 96 valence electrons. The average molecular weight is 247 g/mol. The summed E-state index contributed by atoms with van der Waals surface area (Å²) in [6.07, 6.45) is 1.76. The molecule has 0 fully saturated rings. The van der Waals surface area contributed by atoms with E-state index in [0.717, 1.165) is 36.3 Å². The van der Waals surface area contributed by atoms with E-state index in [2.05, 4.69) is 25.7 Å². The number of aromatic nitrogens is 4. The zero-order chi connectivity index (χ0) is 13.0. The van der Waals surface area contributed by atoms with Crippen LogP contribution in [-0.4, -0.2) is 34.0 Å². The van der Waals surface area contributed by atoms with Crippen molar-refractivity contribution in [1.82, 2.24) is 25.7 Å². The summed E-state index contributed by atoms with van der Waals surface area (Å²) < 4.78 is 5.63. The Hall–Kier alpha value is -1.82. The fraction of sp³-hybridized carbons (Fsp3) is 0.500. The van der Waals surface area contributed by atoms with Crippen molar-refractivity contribution in [3.63, 3.8) is 0 Å². The van der Waals surface area contributed by atoms with E-state index < -0.39 is 0 Å². The highest BCUT2D eigenvalue weighted by Crippen LogP contribution is 2.20. The predicted molar refractivity (Wildman–Crippen MR) is 67.0 cm³/mol. The van der Waals surface area contributed by atoms with Gasteiger partial charge in [-0.25, -0.2) is 0 Å².